The largest absolute Gasteiger partial charge is 0.497 e. The Kier molecular flexibility index (Phi) is 5.63. The molecule has 1 aromatic heterocycles. The zero-order chi connectivity index (χ0) is 18.4. The standard InChI is InChI=1S/C20H21NO5/c1-23-15-3-5-16(6-4-15)25-10-9-21-20(22)11-14-13-26-19-12-17(24-2)7-8-18(14)19/h3-8,12-13H,9-11H2,1-2H3,(H,21,22). The van der Waals surface area contributed by atoms with E-state index in [1.54, 1.807) is 26.5 Å². The van der Waals surface area contributed by atoms with E-state index in [1.807, 2.05) is 36.4 Å². The number of hydrogen-bond acceptors (Lipinski definition) is 5. The molecule has 26 heavy (non-hydrogen) atoms. The van der Waals surface area contributed by atoms with Gasteiger partial charge in [-0.3, -0.25) is 4.79 Å². The van der Waals surface area contributed by atoms with Crippen molar-refractivity contribution in [2.75, 3.05) is 27.4 Å². The first-order chi connectivity index (χ1) is 12.7. The molecule has 1 heterocycles. The van der Waals surface area contributed by atoms with E-state index < -0.39 is 0 Å². The summed E-state index contributed by atoms with van der Waals surface area (Å²) < 4.78 is 21.3. The third-order valence-corrected chi connectivity index (χ3v) is 3.97. The van der Waals surface area contributed by atoms with Crippen molar-refractivity contribution >= 4 is 16.9 Å². The summed E-state index contributed by atoms with van der Waals surface area (Å²) in [6.45, 7) is 0.815. The lowest BCUT2D eigenvalue weighted by Crippen LogP contribution is -2.29. The van der Waals surface area contributed by atoms with Gasteiger partial charge in [0, 0.05) is 17.0 Å². The van der Waals surface area contributed by atoms with Crippen LogP contribution in [0, 0.1) is 0 Å². The fourth-order valence-corrected chi connectivity index (χ4v) is 2.59. The average molecular weight is 355 g/mol. The SMILES string of the molecule is COc1ccc(OCCNC(=O)Cc2coc3cc(OC)ccc23)cc1. The molecule has 0 spiro atoms. The summed E-state index contributed by atoms with van der Waals surface area (Å²) in [5, 5.41) is 3.76. The molecule has 0 bridgehead atoms. The molecular weight excluding hydrogens is 334 g/mol. The van der Waals surface area contributed by atoms with Gasteiger partial charge in [0.25, 0.3) is 0 Å². The summed E-state index contributed by atoms with van der Waals surface area (Å²) in [5.41, 5.74) is 1.55. The quantitative estimate of drug-likeness (QED) is 0.629. The summed E-state index contributed by atoms with van der Waals surface area (Å²) >= 11 is 0. The number of furan rings is 1. The number of methoxy groups -OCH3 is 2. The molecule has 0 aliphatic carbocycles. The molecule has 3 rings (SSSR count). The van der Waals surface area contributed by atoms with Gasteiger partial charge in [-0.05, 0) is 36.4 Å². The Morgan fingerprint density at radius 1 is 1.00 bits per heavy atom. The second-order valence-electron chi connectivity index (χ2n) is 5.67. The van der Waals surface area contributed by atoms with Gasteiger partial charge in [0.2, 0.25) is 5.91 Å². The Hall–Kier alpha value is -3.15. The number of fused-ring (bicyclic) bond motifs is 1. The van der Waals surface area contributed by atoms with E-state index in [2.05, 4.69) is 5.32 Å². The van der Waals surface area contributed by atoms with Crippen LogP contribution in [-0.4, -0.2) is 33.3 Å². The van der Waals surface area contributed by atoms with E-state index in [0.29, 0.717) is 18.7 Å². The van der Waals surface area contributed by atoms with Gasteiger partial charge in [-0.25, -0.2) is 0 Å². The molecule has 0 saturated heterocycles. The molecule has 0 radical (unpaired) electrons. The molecule has 0 aliphatic heterocycles. The van der Waals surface area contributed by atoms with Crippen LogP contribution in [-0.2, 0) is 11.2 Å². The minimum absolute atomic E-state index is 0.0816. The highest BCUT2D eigenvalue weighted by Gasteiger charge is 2.11. The Morgan fingerprint density at radius 3 is 2.42 bits per heavy atom. The summed E-state index contributed by atoms with van der Waals surface area (Å²) in [7, 11) is 3.22. The molecule has 3 aromatic rings. The van der Waals surface area contributed by atoms with Crippen LogP contribution in [0.15, 0.2) is 53.1 Å². The van der Waals surface area contributed by atoms with Gasteiger partial charge in [0.05, 0.1) is 33.4 Å². The first-order valence-corrected chi connectivity index (χ1v) is 8.27. The number of ether oxygens (including phenoxy) is 3. The molecule has 1 amide bonds. The van der Waals surface area contributed by atoms with E-state index >= 15 is 0 Å². The van der Waals surface area contributed by atoms with Crippen LogP contribution in [0.25, 0.3) is 11.0 Å². The monoisotopic (exact) mass is 355 g/mol. The minimum atomic E-state index is -0.0816. The minimum Gasteiger partial charge on any atom is -0.497 e. The molecule has 2 aromatic carbocycles. The molecular formula is C20H21NO5. The van der Waals surface area contributed by atoms with Gasteiger partial charge in [-0.15, -0.1) is 0 Å². The van der Waals surface area contributed by atoms with Crippen LogP contribution < -0.4 is 19.5 Å². The van der Waals surface area contributed by atoms with Crippen LogP contribution in [0.4, 0.5) is 0 Å². The van der Waals surface area contributed by atoms with Gasteiger partial charge in [-0.1, -0.05) is 0 Å². The fourth-order valence-electron chi connectivity index (χ4n) is 2.59. The molecule has 0 unspecified atom stereocenters. The van der Waals surface area contributed by atoms with E-state index in [4.69, 9.17) is 18.6 Å². The summed E-state index contributed by atoms with van der Waals surface area (Å²) in [6, 6.07) is 12.9. The highest BCUT2D eigenvalue weighted by Crippen LogP contribution is 2.25. The molecule has 0 aliphatic rings. The van der Waals surface area contributed by atoms with Crippen LogP contribution in [0.5, 0.6) is 17.2 Å². The zero-order valence-electron chi connectivity index (χ0n) is 14.8. The smallest absolute Gasteiger partial charge is 0.224 e. The zero-order valence-corrected chi connectivity index (χ0v) is 14.8. The number of hydrogen-bond donors (Lipinski definition) is 1. The molecule has 6 nitrogen and oxygen atoms in total. The maximum atomic E-state index is 12.1. The number of amides is 1. The number of benzene rings is 2. The number of nitrogens with one attached hydrogen (secondary N) is 1. The summed E-state index contributed by atoms with van der Waals surface area (Å²) in [5.74, 6) is 2.14. The van der Waals surface area contributed by atoms with Crippen molar-refractivity contribution in [3.05, 3.63) is 54.3 Å². The summed E-state index contributed by atoms with van der Waals surface area (Å²) in [6.07, 6.45) is 1.86. The number of carbonyl (C=O) groups excluding carboxylic acids is 1. The molecule has 0 atom stereocenters. The normalized spacial score (nSPS) is 10.5. The second-order valence-corrected chi connectivity index (χ2v) is 5.67. The van der Waals surface area contributed by atoms with Gasteiger partial charge < -0.3 is 23.9 Å². The maximum absolute atomic E-state index is 12.1. The third kappa shape index (κ3) is 4.27. The van der Waals surface area contributed by atoms with Gasteiger partial charge in [0.1, 0.15) is 29.4 Å². The van der Waals surface area contributed by atoms with Gasteiger partial charge in [-0.2, -0.15) is 0 Å². The third-order valence-electron chi connectivity index (χ3n) is 3.97. The lowest BCUT2D eigenvalue weighted by molar-refractivity contribution is -0.120. The highest BCUT2D eigenvalue weighted by atomic mass is 16.5. The molecule has 6 heteroatoms. The maximum Gasteiger partial charge on any atom is 0.224 e. The average Bonchev–Trinajstić information content (AvgIpc) is 3.07. The predicted molar refractivity (Wildman–Crippen MR) is 98.0 cm³/mol. The van der Waals surface area contributed by atoms with E-state index in [9.17, 15) is 4.79 Å². The van der Waals surface area contributed by atoms with Crippen LogP contribution >= 0.6 is 0 Å². The van der Waals surface area contributed by atoms with Crippen LogP contribution in [0.1, 0.15) is 5.56 Å². The lowest BCUT2D eigenvalue weighted by atomic mass is 10.1. The van der Waals surface area contributed by atoms with Crippen molar-refractivity contribution in [2.45, 2.75) is 6.42 Å². The predicted octanol–water partition coefficient (Wildman–Crippen LogP) is 3.19. The van der Waals surface area contributed by atoms with Crippen LogP contribution in [0.3, 0.4) is 0 Å². The fraction of sp³-hybridized carbons (Fsp3) is 0.250. The Labute approximate surface area is 151 Å². The summed E-state index contributed by atoms with van der Waals surface area (Å²) in [4.78, 5) is 12.1. The first-order valence-electron chi connectivity index (χ1n) is 8.27. The van der Waals surface area contributed by atoms with E-state index in [-0.39, 0.29) is 12.3 Å². The number of carbonyl (C=O) groups is 1. The van der Waals surface area contributed by atoms with Gasteiger partial charge in [0.15, 0.2) is 0 Å². The number of rotatable bonds is 8. The van der Waals surface area contributed by atoms with Crippen LogP contribution in [0.2, 0.25) is 0 Å². The van der Waals surface area contributed by atoms with E-state index in [0.717, 1.165) is 28.2 Å². The Bertz CT molecular complexity index is 870. The Morgan fingerprint density at radius 2 is 1.69 bits per heavy atom. The van der Waals surface area contributed by atoms with Crippen molar-refractivity contribution in [1.29, 1.82) is 0 Å². The molecule has 0 fully saturated rings. The van der Waals surface area contributed by atoms with Crippen molar-refractivity contribution < 1.29 is 23.4 Å². The van der Waals surface area contributed by atoms with E-state index in [1.165, 1.54) is 0 Å². The van der Waals surface area contributed by atoms with Crippen molar-refractivity contribution in [3.63, 3.8) is 0 Å². The molecule has 1 N–H and O–H groups in total. The van der Waals surface area contributed by atoms with Crippen molar-refractivity contribution in [3.8, 4) is 17.2 Å². The molecule has 136 valence electrons. The van der Waals surface area contributed by atoms with Gasteiger partial charge >= 0.3 is 0 Å². The topological polar surface area (TPSA) is 69.9 Å². The Balaban J connectivity index is 1.46. The first kappa shape index (κ1) is 17.7. The molecule has 0 saturated carbocycles. The second kappa shape index (κ2) is 8.29. The lowest BCUT2D eigenvalue weighted by Gasteiger charge is -2.08. The van der Waals surface area contributed by atoms with Crippen molar-refractivity contribution in [2.24, 2.45) is 0 Å². The highest BCUT2D eigenvalue weighted by molar-refractivity contribution is 5.88. The van der Waals surface area contributed by atoms with Crippen molar-refractivity contribution in [1.82, 2.24) is 5.32 Å².